The highest BCUT2D eigenvalue weighted by molar-refractivity contribution is 7.89. The van der Waals surface area contributed by atoms with Crippen molar-refractivity contribution in [2.45, 2.75) is 23.9 Å². The molecule has 172 valence electrons. The van der Waals surface area contributed by atoms with Crippen molar-refractivity contribution in [3.63, 3.8) is 0 Å². The molecule has 0 unspecified atom stereocenters. The fourth-order valence-electron chi connectivity index (χ4n) is 3.83. The van der Waals surface area contributed by atoms with Crippen LogP contribution < -0.4 is 9.80 Å². The number of aromatic nitrogens is 1. The number of carbonyl (C=O) groups excluding carboxylic acids is 1. The van der Waals surface area contributed by atoms with Crippen molar-refractivity contribution in [3.05, 3.63) is 47.1 Å². The molecule has 0 bridgehead atoms. The van der Waals surface area contributed by atoms with Crippen LogP contribution in [0.25, 0.3) is 0 Å². The van der Waals surface area contributed by atoms with Gasteiger partial charge >= 0.3 is 6.18 Å². The quantitative estimate of drug-likeness (QED) is 0.617. The van der Waals surface area contributed by atoms with Crippen LogP contribution in [0.2, 0.25) is 5.15 Å². The maximum Gasteiger partial charge on any atom is 0.416 e. The largest absolute Gasteiger partial charge is 0.416 e. The number of anilines is 2. The Bertz CT molecular complexity index is 1120. The summed E-state index contributed by atoms with van der Waals surface area (Å²) in [6.45, 7) is 1.13. The van der Waals surface area contributed by atoms with Gasteiger partial charge in [-0.05, 0) is 42.8 Å². The zero-order valence-corrected chi connectivity index (χ0v) is 18.4. The van der Waals surface area contributed by atoms with Crippen LogP contribution in [0, 0.1) is 0 Å². The van der Waals surface area contributed by atoms with Gasteiger partial charge in [0.2, 0.25) is 15.9 Å². The van der Waals surface area contributed by atoms with Crippen molar-refractivity contribution in [2.75, 3.05) is 42.5 Å². The lowest BCUT2D eigenvalue weighted by molar-refractivity contribution is -0.137. The monoisotopic (exact) mass is 488 g/mol. The first kappa shape index (κ1) is 22.8. The molecule has 3 heterocycles. The molecule has 2 fully saturated rings. The minimum absolute atomic E-state index is 0.0139. The molecule has 2 aliphatic rings. The smallest absolute Gasteiger partial charge is 0.354 e. The van der Waals surface area contributed by atoms with E-state index in [1.165, 1.54) is 16.4 Å². The predicted octanol–water partition coefficient (Wildman–Crippen LogP) is 3.39. The summed E-state index contributed by atoms with van der Waals surface area (Å²) in [5.41, 5.74) is -0.247. The van der Waals surface area contributed by atoms with Crippen LogP contribution in [0.3, 0.4) is 0 Å². The molecule has 2 aromatic rings. The van der Waals surface area contributed by atoms with Gasteiger partial charge < -0.3 is 9.80 Å². The summed E-state index contributed by atoms with van der Waals surface area (Å²) >= 11 is 5.76. The van der Waals surface area contributed by atoms with Gasteiger partial charge in [-0.3, -0.25) is 4.79 Å². The molecule has 1 amide bonds. The molecule has 7 nitrogen and oxygen atoms in total. The van der Waals surface area contributed by atoms with Crippen molar-refractivity contribution < 1.29 is 26.4 Å². The lowest BCUT2D eigenvalue weighted by Crippen LogP contribution is -2.49. The van der Waals surface area contributed by atoms with Crippen LogP contribution in [0.4, 0.5) is 24.7 Å². The third-order valence-electron chi connectivity index (χ3n) is 5.53. The van der Waals surface area contributed by atoms with Crippen molar-refractivity contribution >= 4 is 39.0 Å². The first-order chi connectivity index (χ1) is 15.1. The van der Waals surface area contributed by atoms with Gasteiger partial charge in [0.15, 0.2) is 0 Å². The summed E-state index contributed by atoms with van der Waals surface area (Å²) < 4.78 is 66.5. The fourth-order valence-corrected chi connectivity index (χ4v) is 5.46. The van der Waals surface area contributed by atoms with Gasteiger partial charge in [-0.25, -0.2) is 13.4 Å². The average Bonchev–Trinajstić information content (AvgIpc) is 3.19. The van der Waals surface area contributed by atoms with E-state index in [1.54, 1.807) is 21.9 Å². The van der Waals surface area contributed by atoms with Crippen molar-refractivity contribution in [1.29, 1.82) is 0 Å². The van der Waals surface area contributed by atoms with Gasteiger partial charge in [-0.1, -0.05) is 11.6 Å². The number of nitrogens with zero attached hydrogens (tertiary/aromatic N) is 4. The van der Waals surface area contributed by atoms with E-state index < -0.39 is 21.8 Å². The van der Waals surface area contributed by atoms with E-state index in [1.807, 2.05) is 0 Å². The Morgan fingerprint density at radius 3 is 2.19 bits per heavy atom. The number of halogens is 4. The highest BCUT2D eigenvalue weighted by Crippen LogP contribution is 2.33. The third-order valence-corrected chi connectivity index (χ3v) is 7.64. The third kappa shape index (κ3) is 4.55. The number of hydrogen-bond donors (Lipinski definition) is 0. The molecule has 2 aliphatic heterocycles. The topological polar surface area (TPSA) is 73.8 Å². The zero-order valence-electron chi connectivity index (χ0n) is 16.8. The molecule has 0 spiro atoms. The van der Waals surface area contributed by atoms with E-state index in [0.29, 0.717) is 18.7 Å². The van der Waals surface area contributed by atoms with Crippen LogP contribution in [0.5, 0.6) is 0 Å². The SMILES string of the molecule is O=C1CCCN1c1ccc(S(=O)(=O)N2CCN(c3cc(C(F)(F)F)cc(Cl)n3)CC2)cc1. The molecule has 0 aliphatic carbocycles. The van der Waals surface area contributed by atoms with E-state index in [-0.39, 0.29) is 48.0 Å². The minimum atomic E-state index is -4.56. The maximum absolute atomic E-state index is 13.1. The maximum atomic E-state index is 13.1. The summed E-state index contributed by atoms with van der Waals surface area (Å²) in [6, 6.07) is 7.83. The Morgan fingerprint density at radius 1 is 0.969 bits per heavy atom. The predicted molar refractivity (Wildman–Crippen MR) is 113 cm³/mol. The number of hydrogen-bond acceptors (Lipinski definition) is 5. The van der Waals surface area contributed by atoms with Gasteiger partial charge in [0.1, 0.15) is 11.0 Å². The molecule has 1 aromatic carbocycles. The summed E-state index contributed by atoms with van der Waals surface area (Å²) in [5, 5.41) is -0.276. The second-order valence-corrected chi connectivity index (χ2v) is 9.89. The second-order valence-electron chi connectivity index (χ2n) is 7.57. The molecule has 32 heavy (non-hydrogen) atoms. The van der Waals surface area contributed by atoms with Crippen LogP contribution in [-0.2, 0) is 21.0 Å². The Morgan fingerprint density at radius 2 is 1.62 bits per heavy atom. The van der Waals surface area contributed by atoms with Crippen LogP contribution in [-0.4, -0.2) is 56.3 Å². The summed E-state index contributed by atoms with van der Waals surface area (Å²) in [6.07, 6.45) is -3.30. The van der Waals surface area contributed by atoms with Crippen LogP contribution in [0.1, 0.15) is 18.4 Å². The fraction of sp³-hybridized carbons (Fsp3) is 0.400. The molecular formula is C20H20ClF3N4O3S. The molecule has 0 saturated carbocycles. The van der Waals surface area contributed by atoms with Crippen molar-refractivity contribution in [2.24, 2.45) is 0 Å². The second kappa shape index (κ2) is 8.53. The first-order valence-electron chi connectivity index (χ1n) is 9.96. The van der Waals surface area contributed by atoms with Crippen molar-refractivity contribution in [1.82, 2.24) is 9.29 Å². The highest BCUT2D eigenvalue weighted by atomic mass is 35.5. The molecular weight excluding hydrogens is 469 g/mol. The number of carbonyl (C=O) groups is 1. The Balaban J connectivity index is 1.46. The van der Waals surface area contributed by atoms with Gasteiger partial charge in [-0.15, -0.1) is 0 Å². The number of sulfonamides is 1. The first-order valence-corrected chi connectivity index (χ1v) is 11.8. The molecule has 2 saturated heterocycles. The normalized spacial score (nSPS) is 18.4. The molecule has 0 N–H and O–H groups in total. The van der Waals surface area contributed by atoms with Gasteiger partial charge in [0, 0.05) is 44.8 Å². The van der Waals surface area contributed by atoms with E-state index in [2.05, 4.69) is 4.98 Å². The lowest BCUT2D eigenvalue weighted by atomic mass is 10.2. The van der Waals surface area contributed by atoms with Crippen LogP contribution >= 0.6 is 11.6 Å². The molecule has 12 heteroatoms. The number of rotatable bonds is 4. The number of piperazine rings is 1. The van der Waals surface area contributed by atoms with Gasteiger partial charge in [0.25, 0.3) is 0 Å². The highest BCUT2D eigenvalue weighted by Gasteiger charge is 2.34. The Labute approximate surface area is 188 Å². The molecule has 4 rings (SSSR count). The average molecular weight is 489 g/mol. The number of amides is 1. The Kier molecular flexibility index (Phi) is 6.08. The molecule has 0 radical (unpaired) electrons. The van der Waals surface area contributed by atoms with Gasteiger partial charge in [-0.2, -0.15) is 17.5 Å². The van der Waals surface area contributed by atoms with E-state index in [4.69, 9.17) is 11.6 Å². The summed E-state index contributed by atoms with van der Waals surface area (Å²) in [7, 11) is -3.78. The lowest BCUT2D eigenvalue weighted by Gasteiger charge is -2.35. The summed E-state index contributed by atoms with van der Waals surface area (Å²) in [4.78, 5) is 19.1. The molecule has 0 atom stereocenters. The van der Waals surface area contributed by atoms with Crippen LogP contribution in [0.15, 0.2) is 41.3 Å². The summed E-state index contributed by atoms with van der Waals surface area (Å²) in [5.74, 6) is 0.0709. The van der Waals surface area contributed by atoms with E-state index >= 15 is 0 Å². The standard InChI is InChI=1S/C20H20ClF3N4O3S/c21-17-12-14(20(22,23)24)13-18(25-17)26-8-10-27(11-9-26)32(30,31)16-5-3-15(4-6-16)28-7-1-2-19(28)29/h3-6,12-13H,1-2,7-11H2. The number of benzene rings is 1. The zero-order chi connectivity index (χ0) is 23.1. The number of pyridine rings is 1. The minimum Gasteiger partial charge on any atom is -0.354 e. The number of alkyl halides is 3. The van der Waals surface area contributed by atoms with E-state index in [0.717, 1.165) is 18.6 Å². The van der Waals surface area contributed by atoms with E-state index in [9.17, 15) is 26.4 Å². The Hall–Kier alpha value is -2.37. The van der Waals surface area contributed by atoms with Crippen molar-refractivity contribution in [3.8, 4) is 0 Å². The molecule has 1 aromatic heterocycles. The van der Waals surface area contributed by atoms with Gasteiger partial charge in [0.05, 0.1) is 10.5 Å².